The van der Waals surface area contributed by atoms with E-state index in [1.165, 1.54) is 11.3 Å². The number of halogens is 3. The molecule has 2 aromatic carbocycles. The van der Waals surface area contributed by atoms with E-state index in [0.717, 1.165) is 15.7 Å². The Morgan fingerprint density at radius 3 is 2.70 bits per heavy atom. The maximum Gasteiger partial charge on any atom is 0.270 e. The first-order valence-electron chi connectivity index (χ1n) is 7.73. The summed E-state index contributed by atoms with van der Waals surface area (Å²) in [7, 11) is 0. The summed E-state index contributed by atoms with van der Waals surface area (Å²) in [6.45, 7) is 4.16. The highest BCUT2D eigenvalue weighted by Crippen LogP contribution is 2.22. The third-order valence-electron chi connectivity index (χ3n) is 3.50. The van der Waals surface area contributed by atoms with Gasteiger partial charge in [-0.1, -0.05) is 51.8 Å². The second kappa shape index (κ2) is 10.0. The van der Waals surface area contributed by atoms with Crippen molar-refractivity contribution < 1.29 is 4.79 Å². The van der Waals surface area contributed by atoms with E-state index in [-0.39, 0.29) is 22.9 Å². The van der Waals surface area contributed by atoms with Crippen molar-refractivity contribution in [1.29, 1.82) is 0 Å². The minimum Gasteiger partial charge on any atom is -0.267 e. The Kier molecular flexibility index (Phi) is 8.04. The Morgan fingerprint density at radius 2 is 2.04 bits per heavy atom. The molecule has 1 amide bonds. The van der Waals surface area contributed by atoms with Gasteiger partial charge in [-0.2, -0.15) is 0 Å². The molecule has 0 aliphatic heterocycles. The van der Waals surface area contributed by atoms with Gasteiger partial charge in [-0.05, 0) is 30.3 Å². The normalized spacial score (nSPS) is 11.0. The van der Waals surface area contributed by atoms with E-state index in [0.29, 0.717) is 21.9 Å². The highest BCUT2D eigenvalue weighted by molar-refractivity contribution is 9.10. The quantitative estimate of drug-likeness (QED) is 0.425. The van der Waals surface area contributed by atoms with Crippen LogP contribution < -0.4 is 10.2 Å². The topological polar surface area (TPSA) is 46.4 Å². The van der Waals surface area contributed by atoms with Crippen molar-refractivity contribution in [2.24, 2.45) is 4.99 Å². The lowest BCUT2D eigenvalue weighted by Gasteiger charge is -2.11. The van der Waals surface area contributed by atoms with Crippen LogP contribution in [0.4, 0.5) is 0 Å². The number of hydrogen-bond acceptors (Lipinski definition) is 3. The standard InChI is InChI=1S/C19H15BrClN3OS.BrH/c1-2-10-22-19-24(23-18(25)14-4-3-5-15(20)11-14)17(12-26-19)13-6-8-16(21)9-7-13;/h2-9,11-12H,1,10H2,(H,23,25);1H. The van der Waals surface area contributed by atoms with Gasteiger partial charge in [0.15, 0.2) is 0 Å². The van der Waals surface area contributed by atoms with Crippen LogP contribution >= 0.6 is 55.8 Å². The fourth-order valence-electron chi connectivity index (χ4n) is 2.29. The van der Waals surface area contributed by atoms with E-state index in [2.05, 4.69) is 32.9 Å². The molecule has 3 rings (SSSR count). The smallest absolute Gasteiger partial charge is 0.267 e. The molecule has 0 spiro atoms. The average Bonchev–Trinajstić information content (AvgIpc) is 3.03. The fourth-order valence-corrected chi connectivity index (χ4v) is 3.67. The number of aromatic nitrogens is 1. The average molecular weight is 530 g/mol. The molecule has 0 fully saturated rings. The molecule has 1 aromatic heterocycles. The Bertz CT molecular complexity index is 1010. The number of rotatable bonds is 5. The summed E-state index contributed by atoms with van der Waals surface area (Å²) in [6.07, 6.45) is 1.71. The number of benzene rings is 2. The molecule has 0 unspecified atom stereocenters. The lowest BCUT2D eigenvalue weighted by Crippen LogP contribution is -2.31. The van der Waals surface area contributed by atoms with Gasteiger partial charge in [0.2, 0.25) is 4.80 Å². The predicted molar refractivity (Wildman–Crippen MR) is 122 cm³/mol. The first-order chi connectivity index (χ1) is 12.6. The molecule has 1 N–H and O–H groups in total. The minimum absolute atomic E-state index is 0. The van der Waals surface area contributed by atoms with Crippen molar-refractivity contribution in [3.05, 3.63) is 86.4 Å². The van der Waals surface area contributed by atoms with Crippen molar-refractivity contribution in [2.45, 2.75) is 0 Å². The van der Waals surface area contributed by atoms with Gasteiger partial charge in [-0.3, -0.25) is 15.2 Å². The van der Waals surface area contributed by atoms with Gasteiger partial charge in [0.1, 0.15) is 0 Å². The van der Waals surface area contributed by atoms with Crippen molar-refractivity contribution in [3.63, 3.8) is 0 Å². The molecule has 0 radical (unpaired) electrons. The molecule has 0 atom stereocenters. The van der Waals surface area contributed by atoms with Gasteiger partial charge in [-0.25, -0.2) is 4.68 Å². The molecule has 140 valence electrons. The van der Waals surface area contributed by atoms with Gasteiger partial charge in [0, 0.05) is 26.0 Å². The summed E-state index contributed by atoms with van der Waals surface area (Å²) in [6, 6.07) is 14.7. The fraction of sp³-hybridized carbons (Fsp3) is 0.0526. The molecule has 4 nitrogen and oxygen atoms in total. The maximum atomic E-state index is 12.7. The van der Waals surface area contributed by atoms with Gasteiger partial charge in [0.05, 0.1) is 12.2 Å². The van der Waals surface area contributed by atoms with Crippen LogP contribution in [-0.4, -0.2) is 17.1 Å². The molecule has 3 aromatic rings. The molecule has 0 saturated carbocycles. The molecule has 0 bridgehead atoms. The Hall–Kier alpha value is -1.67. The molecule has 8 heteroatoms. The second-order valence-electron chi connectivity index (χ2n) is 5.33. The Balaban J connectivity index is 0.00000261. The molecule has 0 aliphatic rings. The summed E-state index contributed by atoms with van der Waals surface area (Å²) < 4.78 is 2.54. The maximum absolute atomic E-state index is 12.7. The van der Waals surface area contributed by atoms with Crippen LogP contribution in [-0.2, 0) is 0 Å². The van der Waals surface area contributed by atoms with Crippen molar-refractivity contribution >= 4 is 61.8 Å². The van der Waals surface area contributed by atoms with E-state index >= 15 is 0 Å². The summed E-state index contributed by atoms with van der Waals surface area (Å²) in [5, 5.41) is 2.61. The van der Waals surface area contributed by atoms with Gasteiger partial charge < -0.3 is 0 Å². The van der Waals surface area contributed by atoms with Crippen molar-refractivity contribution in [2.75, 3.05) is 12.0 Å². The van der Waals surface area contributed by atoms with Crippen LogP contribution in [0.1, 0.15) is 10.4 Å². The summed E-state index contributed by atoms with van der Waals surface area (Å²) >= 11 is 10.8. The van der Waals surface area contributed by atoms with E-state index < -0.39 is 0 Å². The predicted octanol–water partition coefficient (Wildman–Crippen LogP) is 5.68. The molecule has 1 heterocycles. The van der Waals surface area contributed by atoms with Gasteiger partial charge >= 0.3 is 0 Å². The highest BCUT2D eigenvalue weighted by atomic mass is 79.9. The number of thiazole rings is 1. The van der Waals surface area contributed by atoms with Crippen LogP contribution in [0.2, 0.25) is 5.02 Å². The zero-order valence-corrected chi connectivity index (χ0v) is 18.9. The number of hydrogen-bond donors (Lipinski definition) is 1. The van der Waals surface area contributed by atoms with Crippen LogP contribution in [0.15, 0.2) is 76.0 Å². The third kappa shape index (κ3) is 5.42. The number of nitrogens with zero attached hydrogens (tertiary/aromatic N) is 2. The van der Waals surface area contributed by atoms with Crippen molar-refractivity contribution in [1.82, 2.24) is 4.68 Å². The SMILES string of the molecule is Br.C=CCN=c1scc(-c2ccc(Cl)cc2)n1NC(=O)c1cccc(Br)c1. The molecular weight excluding hydrogens is 514 g/mol. The first kappa shape index (κ1) is 21.6. The molecule has 0 saturated heterocycles. The van der Waals surface area contributed by atoms with Crippen LogP contribution in [0.3, 0.4) is 0 Å². The van der Waals surface area contributed by atoms with Crippen molar-refractivity contribution in [3.8, 4) is 11.3 Å². The number of carbonyl (C=O) groups is 1. The highest BCUT2D eigenvalue weighted by Gasteiger charge is 2.12. The second-order valence-corrected chi connectivity index (χ2v) is 7.52. The first-order valence-corrected chi connectivity index (χ1v) is 9.78. The number of carbonyl (C=O) groups excluding carboxylic acids is 1. The van der Waals surface area contributed by atoms with Gasteiger partial charge in [-0.15, -0.1) is 34.9 Å². The Morgan fingerprint density at radius 1 is 1.30 bits per heavy atom. The molecule has 27 heavy (non-hydrogen) atoms. The largest absolute Gasteiger partial charge is 0.270 e. The zero-order chi connectivity index (χ0) is 18.5. The molecular formula is C19H16Br2ClN3OS. The number of amides is 1. The lowest BCUT2D eigenvalue weighted by atomic mass is 10.2. The summed E-state index contributed by atoms with van der Waals surface area (Å²) in [4.78, 5) is 17.8. The Labute approximate surface area is 185 Å². The van der Waals surface area contributed by atoms with Crippen LogP contribution in [0.25, 0.3) is 11.3 Å². The van der Waals surface area contributed by atoms with E-state index in [9.17, 15) is 4.79 Å². The van der Waals surface area contributed by atoms with E-state index in [4.69, 9.17) is 11.6 Å². The summed E-state index contributed by atoms with van der Waals surface area (Å²) in [5.41, 5.74) is 5.24. The zero-order valence-electron chi connectivity index (χ0n) is 14.1. The van der Waals surface area contributed by atoms with Gasteiger partial charge in [0.25, 0.3) is 5.91 Å². The van der Waals surface area contributed by atoms with E-state index in [1.54, 1.807) is 22.9 Å². The van der Waals surface area contributed by atoms with Crippen LogP contribution in [0.5, 0.6) is 0 Å². The monoisotopic (exact) mass is 527 g/mol. The minimum atomic E-state index is -0.222. The van der Waals surface area contributed by atoms with Crippen LogP contribution in [0, 0.1) is 0 Å². The lowest BCUT2D eigenvalue weighted by molar-refractivity contribution is 0.101. The van der Waals surface area contributed by atoms with E-state index in [1.807, 2.05) is 41.8 Å². The molecule has 0 aliphatic carbocycles. The summed E-state index contributed by atoms with van der Waals surface area (Å²) in [5.74, 6) is -0.222. The number of nitrogens with one attached hydrogen (secondary N) is 1. The third-order valence-corrected chi connectivity index (χ3v) is 5.11.